The number of nitrogens with one attached hydrogen (secondary N) is 2. The Balaban J connectivity index is 1.29. The molecule has 9 heteroatoms. The number of amides is 1. The fourth-order valence-corrected chi connectivity index (χ4v) is 6.29. The molecule has 33 heavy (non-hydrogen) atoms. The van der Waals surface area contributed by atoms with Gasteiger partial charge in [0, 0.05) is 44.7 Å². The van der Waals surface area contributed by atoms with Gasteiger partial charge in [-0.05, 0) is 65.6 Å². The first-order chi connectivity index (χ1) is 16.0. The molecule has 3 heterocycles. The molecule has 3 aliphatic heterocycles. The molecule has 0 aromatic carbocycles. The third-order valence-corrected chi connectivity index (χ3v) is 8.41. The number of carbonyl (C=O) groups excluding carboxylic acids is 1. The summed E-state index contributed by atoms with van der Waals surface area (Å²) >= 11 is 0. The van der Waals surface area contributed by atoms with Gasteiger partial charge in [-0.2, -0.15) is 0 Å². The molecule has 0 radical (unpaired) electrons. The number of rotatable bonds is 7. The molecule has 9 nitrogen and oxygen atoms in total. The minimum Gasteiger partial charge on any atom is -0.394 e. The molecule has 5 unspecified atom stereocenters. The first kappa shape index (κ1) is 25.3. The van der Waals surface area contributed by atoms with Crippen molar-refractivity contribution in [3.05, 3.63) is 0 Å². The standard InChI is InChI=1S/C24H45N5O4/c1-27(2)18-8-6-17(7-9-18)24(32)26-15-19-22(23(31)20(16-30)33-19)29-13-11-28(12-14-29)21-5-3-4-10-25-21/h17-23,25,30-31H,3-16H2,1-2H3,(H,26,32). The van der Waals surface area contributed by atoms with E-state index in [0.29, 0.717) is 18.8 Å². The Morgan fingerprint density at radius 1 is 1.03 bits per heavy atom. The van der Waals surface area contributed by atoms with Crippen LogP contribution in [0.1, 0.15) is 44.9 Å². The summed E-state index contributed by atoms with van der Waals surface area (Å²) in [6.07, 6.45) is 6.51. The number of nitrogens with zero attached hydrogens (tertiary/aromatic N) is 3. The van der Waals surface area contributed by atoms with Crippen molar-refractivity contribution in [3.63, 3.8) is 0 Å². The van der Waals surface area contributed by atoms with Crippen LogP contribution in [-0.2, 0) is 9.53 Å². The molecule has 0 spiro atoms. The van der Waals surface area contributed by atoms with E-state index in [1.54, 1.807) is 0 Å². The van der Waals surface area contributed by atoms with Gasteiger partial charge >= 0.3 is 0 Å². The number of carbonyl (C=O) groups is 1. The smallest absolute Gasteiger partial charge is 0.223 e. The van der Waals surface area contributed by atoms with Gasteiger partial charge in [0.25, 0.3) is 0 Å². The van der Waals surface area contributed by atoms with Crippen LogP contribution in [0.25, 0.3) is 0 Å². The van der Waals surface area contributed by atoms with Gasteiger partial charge in [-0.1, -0.05) is 0 Å². The van der Waals surface area contributed by atoms with E-state index in [4.69, 9.17) is 4.74 Å². The summed E-state index contributed by atoms with van der Waals surface area (Å²) in [6.45, 7) is 4.91. The van der Waals surface area contributed by atoms with E-state index in [-0.39, 0.29) is 30.6 Å². The van der Waals surface area contributed by atoms with E-state index in [2.05, 4.69) is 39.4 Å². The van der Waals surface area contributed by atoms with Crippen molar-refractivity contribution in [3.8, 4) is 0 Å². The van der Waals surface area contributed by atoms with Crippen LogP contribution in [0.15, 0.2) is 0 Å². The van der Waals surface area contributed by atoms with E-state index >= 15 is 0 Å². The second kappa shape index (κ2) is 11.7. The van der Waals surface area contributed by atoms with Crippen LogP contribution in [0.5, 0.6) is 0 Å². The van der Waals surface area contributed by atoms with Crippen molar-refractivity contribution in [2.24, 2.45) is 5.92 Å². The Kier molecular flexibility index (Phi) is 9.00. The lowest BCUT2D eigenvalue weighted by atomic mass is 9.85. The zero-order chi connectivity index (χ0) is 23.4. The van der Waals surface area contributed by atoms with Gasteiger partial charge in [-0.25, -0.2) is 0 Å². The highest BCUT2D eigenvalue weighted by atomic mass is 16.5. The number of piperidine rings is 1. The summed E-state index contributed by atoms with van der Waals surface area (Å²) < 4.78 is 6.03. The Morgan fingerprint density at radius 2 is 1.73 bits per heavy atom. The largest absolute Gasteiger partial charge is 0.394 e. The SMILES string of the molecule is CN(C)C1CCC(C(=O)NCC2OC(CO)C(O)C2N2CCN(C3CCCCN3)CC2)CC1. The molecule has 3 saturated heterocycles. The van der Waals surface area contributed by atoms with E-state index in [1.165, 1.54) is 19.3 Å². The van der Waals surface area contributed by atoms with Crippen molar-refractivity contribution < 1.29 is 19.7 Å². The Labute approximate surface area is 198 Å². The third kappa shape index (κ3) is 6.07. The summed E-state index contributed by atoms with van der Waals surface area (Å²) in [4.78, 5) is 19.9. The average Bonchev–Trinajstić information content (AvgIpc) is 3.18. The Bertz CT molecular complexity index is 616. The molecule has 1 saturated carbocycles. The molecule has 1 amide bonds. The summed E-state index contributed by atoms with van der Waals surface area (Å²) in [5, 5.41) is 27.4. The average molecular weight is 468 g/mol. The first-order valence-corrected chi connectivity index (χ1v) is 13.1. The van der Waals surface area contributed by atoms with E-state index in [1.807, 2.05) is 0 Å². The number of piperazine rings is 1. The van der Waals surface area contributed by atoms with Crippen LogP contribution in [0.3, 0.4) is 0 Å². The number of hydrogen-bond acceptors (Lipinski definition) is 8. The second-order valence-corrected chi connectivity index (χ2v) is 10.6. The maximum absolute atomic E-state index is 12.8. The molecule has 0 aromatic heterocycles. The zero-order valence-corrected chi connectivity index (χ0v) is 20.5. The van der Waals surface area contributed by atoms with Gasteiger partial charge < -0.3 is 30.5 Å². The van der Waals surface area contributed by atoms with Crippen LogP contribution in [0.4, 0.5) is 0 Å². The zero-order valence-electron chi connectivity index (χ0n) is 20.5. The molecular weight excluding hydrogens is 422 g/mol. The van der Waals surface area contributed by atoms with Crippen molar-refractivity contribution in [1.82, 2.24) is 25.3 Å². The molecule has 5 atom stereocenters. The van der Waals surface area contributed by atoms with Gasteiger partial charge in [-0.15, -0.1) is 0 Å². The highest BCUT2D eigenvalue weighted by Crippen LogP contribution is 2.29. The second-order valence-electron chi connectivity index (χ2n) is 10.6. The molecule has 4 fully saturated rings. The van der Waals surface area contributed by atoms with Gasteiger partial charge in [0.1, 0.15) is 12.2 Å². The summed E-state index contributed by atoms with van der Waals surface area (Å²) in [5.74, 6) is 0.163. The Morgan fingerprint density at radius 3 is 2.33 bits per heavy atom. The van der Waals surface area contributed by atoms with Crippen molar-refractivity contribution in [1.29, 1.82) is 0 Å². The maximum atomic E-state index is 12.8. The lowest BCUT2D eigenvalue weighted by Crippen LogP contribution is -2.61. The van der Waals surface area contributed by atoms with Crippen molar-refractivity contribution >= 4 is 5.91 Å². The highest BCUT2D eigenvalue weighted by molar-refractivity contribution is 5.78. The predicted octanol–water partition coefficient (Wildman–Crippen LogP) is -0.571. The molecular formula is C24H45N5O4. The molecule has 1 aliphatic carbocycles. The van der Waals surface area contributed by atoms with E-state index < -0.39 is 12.2 Å². The first-order valence-electron chi connectivity index (χ1n) is 13.1. The molecule has 4 N–H and O–H groups in total. The topological polar surface area (TPSA) is 101 Å². The van der Waals surface area contributed by atoms with Crippen molar-refractivity contribution in [2.75, 3.05) is 60.0 Å². The van der Waals surface area contributed by atoms with Crippen LogP contribution in [0.2, 0.25) is 0 Å². The van der Waals surface area contributed by atoms with Gasteiger partial charge in [-0.3, -0.25) is 14.6 Å². The van der Waals surface area contributed by atoms with Gasteiger partial charge in [0.05, 0.1) is 24.9 Å². The van der Waals surface area contributed by atoms with Crippen LogP contribution >= 0.6 is 0 Å². The predicted molar refractivity (Wildman–Crippen MR) is 127 cm³/mol. The molecule has 4 rings (SSSR count). The maximum Gasteiger partial charge on any atom is 0.223 e. The molecule has 4 aliphatic rings. The van der Waals surface area contributed by atoms with Crippen LogP contribution in [0, 0.1) is 5.92 Å². The molecule has 0 bridgehead atoms. The van der Waals surface area contributed by atoms with E-state index in [9.17, 15) is 15.0 Å². The summed E-state index contributed by atoms with van der Waals surface area (Å²) in [5.41, 5.74) is 0. The van der Waals surface area contributed by atoms with Gasteiger partial charge in [0.2, 0.25) is 5.91 Å². The van der Waals surface area contributed by atoms with Crippen LogP contribution < -0.4 is 10.6 Å². The number of hydrogen-bond donors (Lipinski definition) is 4. The highest BCUT2D eigenvalue weighted by Gasteiger charge is 2.47. The number of aliphatic hydroxyl groups is 2. The van der Waals surface area contributed by atoms with Gasteiger partial charge in [0.15, 0.2) is 0 Å². The van der Waals surface area contributed by atoms with Crippen molar-refractivity contribution in [2.45, 2.75) is 81.5 Å². The molecule has 190 valence electrons. The fraction of sp³-hybridized carbons (Fsp3) is 0.958. The quantitative estimate of drug-likeness (QED) is 0.395. The van der Waals surface area contributed by atoms with Crippen LogP contribution in [-0.4, -0.2) is 127 Å². The Hall–Kier alpha value is -0.810. The van der Waals surface area contributed by atoms with E-state index in [0.717, 1.165) is 58.4 Å². The normalized spacial score (nSPS) is 39.1. The summed E-state index contributed by atoms with van der Waals surface area (Å²) in [7, 11) is 4.22. The number of aliphatic hydroxyl groups excluding tert-OH is 2. The minimum atomic E-state index is -0.744. The summed E-state index contributed by atoms with van der Waals surface area (Å²) in [6, 6.07) is 0.368. The minimum absolute atomic E-state index is 0.0613. The fourth-order valence-electron chi connectivity index (χ4n) is 6.29. The monoisotopic (exact) mass is 467 g/mol. The molecule has 0 aromatic rings. The third-order valence-electron chi connectivity index (χ3n) is 8.41. The number of ether oxygens (including phenoxy) is 1. The lowest BCUT2D eigenvalue weighted by Gasteiger charge is -2.44. The lowest BCUT2D eigenvalue weighted by molar-refractivity contribution is -0.127.